The number of nitrogens with zero attached hydrogens (tertiary/aromatic N) is 3. The second-order valence-corrected chi connectivity index (χ2v) is 11.5. The molecule has 5 rings (SSSR count). The van der Waals surface area contributed by atoms with Crippen LogP contribution >= 0.6 is 23.2 Å². The molecule has 3 heterocycles. The zero-order chi connectivity index (χ0) is 31.4. The lowest BCUT2D eigenvalue weighted by atomic mass is 9.93. The molecule has 1 aliphatic rings. The standard InChI is InChI=1S/C33H34Cl2N4O5/c1-19(40)17-39-12-10-20-13-22(14-28(43-2)26(20)18-39)32-31(35)24(9-11-37-32)23-5-4-6-25(30(23)34)27-8-7-21(33(38-27)44-3)15-36-16-29(41)42/h4-9,11,13-14,19,36,40H,10,12,15-18H2,1-3H3,(H,41,42)/t19-/m1/s1. The number of hydrogen-bond acceptors (Lipinski definition) is 8. The van der Waals surface area contributed by atoms with E-state index in [1.54, 1.807) is 20.2 Å². The third kappa shape index (κ3) is 6.82. The second-order valence-electron chi connectivity index (χ2n) is 10.7. The normalized spacial score (nSPS) is 13.8. The number of carbonyl (C=O) groups is 1. The number of aromatic nitrogens is 2. The number of halogens is 2. The van der Waals surface area contributed by atoms with E-state index in [2.05, 4.69) is 26.3 Å². The number of rotatable bonds is 11. The summed E-state index contributed by atoms with van der Waals surface area (Å²) in [5.41, 5.74) is 7.23. The molecule has 3 N–H and O–H groups in total. The molecule has 1 aliphatic heterocycles. The molecule has 0 amide bonds. The molecule has 11 heteroatoms. The Morgan fingerprint density at radius 2 is 1.84 bits per heavy atom. The molecular formula is C33H34Cl2N4O5. The minimum Gasteiger partial charge on any atom is -0.496 e. The van der Waals surface area contributed by atoms with Crippen molar-refractivity contribution in [2.24, 2.45) is 0 Å². The maximum atomic E-state index is 10.9. The van der Waals surface area contributed by atoms with Gasteiger partial charge in [-0.15, -0.1) is 0 Å². The molecule has 2 aromatic heterocycles. The predicted octanol–water partition coefficient (Wildman–Crippen LogP) is 5.71. The number of aliphatic hydroxyl groups is 1. The third-order valence-electron chi connectivity index (χ3n) is 7.57. The van der Waals surface area contributed by atoms with Crippen molar-refractivity contribution in [1.82, 2.24) is 20.2 Å². The van der Waals surface area contributed by atoms with Crippen LogP contribution in [0.15, 0.2) is 54.7 Å². The Kier molecular flexibility index (Phi) is 10.0. The fourth-order valence-electron chi connectivity index (χ4n) is 5.56. The van der Waals surface area contributed by atoms with Crippen molar-refractivity contribution in [2.75, 3.05) is 33.9 Å². The van der Waals surface area contributed by atoms with E-state index in [1.807, 2.05) is 42.5 Å². The van der Waals surface area contributed by atoms with Crippen molar-refractivity contribution >= 4 is 29.2 Å². The van der Waals surface area contributed by atoms with Gasteiger partial charge in [-0.1, -0.05) is 47.5 Å². The lowest BCUT2D eigenvalue weighted by molar-refractivity contribution is -0.136. The Balaban J connectivity index is 1.49. The molecule has 0 saturated carbocycles. The molecule has 0 aliphatic carbocycles. The molecule has 0 spiro atoms. The number of carboxylic acid groups (broad SMARTS) is 1. The van der Waals surface area contributed by atoms with E-state index >= 15 is 0 Å². The number of ether oxygens (including phenoxy) is 2. The molecule has 9 nitrogen and oxygen atoms in total. The summed E-state index contributed by atoms with van der Waals surface area (Å²) in [5, 5.41) is 22.6. The van der Waals surface area contributed by atoms with Crippen molar-refractivity contribution in [3.05, 3.63) is 81.5 Å². The van der Waals surface area contributed by atoms with Crippen LogP contribution in [0.5, 0.6) is 11.6 Å². The highest BCUT2D eigenvalue weighted by atomic mass is 35.5. The van der Waals surface area contributed by atoms with Crippen molar-refractivity contribution < 1.29 is 24.5 Å². The first-order valence-electron chi connectivity index (χ1n) is 14.2. The fraction of sp³-hybridized carbons (Fsp3) is 0.303. The van der Waals surface area contributed by atoms with Gasteiger partial charge in [-0.2, -0.15) is 0 Å². The highest BCUT2D eigenvalue weighted by molar-refractivity contribution is 6.39. The monoisotopic (exact) mass is 636 g/mol. The Morgan fingerprint density at radius 1 is 1.07 bits per heavy atom. The molecule has 230 valence electrons. The van der Waals surface area contributed by atoms with Gasteiger partial charge in [0.1, 0.15) is 5.75 Å². The topological polar surface area (TPSA) is 117 Å². The molecule has 1 atom stereocenters. The average molecular weight is 638 g/mol. The van der Waals surface area contributed by atoms with Crippen molar-refractivity contribution in [1.29, 1.82) is 0 Å². The van der Waals surface area contributed by atoms with Crippen LogP contribution in [-0.2, 0) is 24.3 Å². The Bertz CT molecular complexity index is 1660. The number of aliphatic hydroxyl groups excluding tert-OH is 1. The zero-order valence-electron chi connectivity index (χ0n) is 24.7. The molecular weight excluding hydrogens is 603 g/mol. The minimum absolute atomic E-state index is 0.172. The summed E-state index contributed by atoms with van der Waals surface area (Å²) < 4.78 is 11.3. The molecule has 0 saturated heterocycles. The smallest absolute Gasteiger partial charge is 0.317 e. The summed E-state index contributed by atoms with van der Waals surface area (Å²) in [6.07, 6.45) is 2.14. The largest absolute Gasteiger partial charge is 0.496 e. The summed E-state index contributed by atoms with van der Waals surface area (Å²) in [4.78, 5) is 22.4. The first-order chi connectivity index (χ1) is 21.2. The van der Waals surface area contributed by atoms with Gasteiger partial charge in [-0.05, 0) is 43.2 Å². The number of methoxy groups -OCH3 is 2. The van der Waals surface area contributed by atoms with E-state index in [1.165, 1.54) is 12.7 Å². The van der Waals surface area contributed by atoms with Gasteiger partial charge in [0.2, 0.25) is 5.88 Å². The molecule has 0 fully saturated rings. The number of β-amino-alcohol motifs (C(OH)–C–C–N with tert-alkyl or cyclic N) is 1. The van der Waals surface area contributed by atoms with Crippen LogP contribution in [0, 0.1) is 0 Å². The first kappa shape index (κ1) is 31.7. The number of fused-ring (bicyclic) bond motifs is 1. The zero-order valence-corrected chi connectivity index (χ0v) is 26.2. The number of pyridine rings is 2. The average Bonchev–Trinajstić information content (AvgIpc) is 3.00. The number of hydrogen-bond donors (Lipinski definition) is 3. The maximum Gasteiger partial charge on any atom is 0.317 e. The first-order valence-corrected chi connectivity index (χ1v) is 15.0. The summed E-state index contributed by atoms with van der Waals surface area (Å²) in [5.74, 6) is 0.195. The molecule has 4 aromatic rings. The lowest BCUT2D eigenvalue weighted by Crippen LogP contribution is -2.35. The van der Waals surface area contributed by atoms with Gasteiger partial charge >= 0.3 is 5.97 Å². The fourth-order valence-corrected chi connectivity index (χ4v) is 6.21. The summed E-state index contributed by atoms with van der Waals surface area (Å²) in [6.45, 7) is 4.06. The van der Waals surface area contributed by atoms with E-state index < -0.39 is 12.1 Å². The summed E-state index contributed by atoms with van der Waals surface area (Å²) >= 11 is 14.1. The Morgan fingerprint density at radius 3 is 2.57 bits per heavy atom. The highest BCUT2D eigenvalue weighted by Gasteiger charge is 2.24. The van der Waals surface area contributed by atoms with Gasteiger partial charge < -0.3 is 25.0 Å². The Labute approximate surface area is 266 Å². The molecule has 44 heavy (non-hydrogen) atoms. The van der Waals surface area contributed by atoms with E-state index in [4.69, 9.17) is 37.8 Å². The van der Waals surface area contributed by atoms with Crippen LogP contribution in [0.2, 0.25) is 10.0 Å². The van der Waals surface area contributed by atoms with Crippen molar-refractivity contribution in [3.63, 3.8) is 0 Å². The van der Waals surface area contributed by atoms with E-state index in [9.17, 15) is 9.90 Å². The summed E-state index contributed by atoms with van der Waals surface area (Å²) in [7, 11) is 3.18. The SMILES string of the molecule is COc1cc(-c2nccc(-c3cccc(-c4ccc(CNCC(=O)O)c(OC)n4)c3Cl)c2Cl)cc2c1CN(C[C@@H](C)O)CC2. The van der Waals surface area contributed by atoms with Crippen LogP contribution in [0.25, 0.3) is 33.6 Å². The van der Waals surface area contributed by atoms with E-state index in [0.717, 1.165) is 46.5 Å². The van der Waals surface area contributed by atoms with Crippen LogP contribution in [0.4, 0.5) is 0 Å². The summed E-state index contributed by atoms with van der Waals surface area (Å²) in [6, 6.07) is 15.3. The third-order valence-corrected chi connectivity index (χ3v) is 8.36. The molecule has 0 radical (unpaired) electrons. The second kappa shape index (κ2) is 13.9. The number of nitrogens with one attached hydrogen (secondary N) is 1. The minimum atomic E-state index is -0.943. The number of aliphatic carboxylic acids is 1. The van der Waals surface area contributed by atoms with Gasteiger partial charge in [0, 0.05) is 65.8 Å². The number of carboxylic acids is 1. The Hall–Kier alpha value is -3.73. The van der Waals surface area contributed by atoms with Crippen molar-refractivity contribution in [2.45, 2.75) is 32.5 Å². The lowest BCUT2D eigenvalue weighted by Gasteiger charge is -2.31. The van der Waals surface area contributed by atoms with Gasteiger partial charge in [-0.3, -0.25) is 14.7 Å². The molecule has 0 unspecified atom stereocenters. The van der Waals surface area contributed by atoms with E-state index in [-0.39, 0.29) is 6.54 Å². The predicted molar refractivity (Wildman–Crippen MR) is 171 cm³/mol. The molecule has 2 aromatic carbocycles. The number of benzene rings is 2. The van der Waals surface area contributed by atoms with Gasteiger partial charge in [-0.25, -0.2) is 4.98 Å². The highest BCUT2D eigenvalue weighted by Crippen LogP contribution is 2.43. The van der Waals surface area contributed by atoms with E-state index in [0.29, 0.717) is 52.5 Å². The van der Waals surface area contributed by atoms with Crippen molar-refractivity contribution in [3.8, 4) is 45.3 Å². The van der Waals surface area contributed by atoms with Crippen LogP contribution in [0.3, 0.4) is 0 Å². The quantitative estimate of drug-likeness (QED) is 0.190. The van der Waals surface area contributed by atoms with Crippen LogP contribution in [0.1, 0.15) is 23.6 Å². The maximum absolute atomic E-state index is 10.9. The van der Waals surface area contributed by atoms with Crippen LogP contribution < -0.4 is 14.8 Å². The van der Waals surface area contributed by atoms with Gasteiger partial charge in [0.25, 0.3) is 0 Å². The van der Waals surface area contributed by atoms with Gasteiger partial charge in [0.15, 0.2) is 0 Å². The van der Waals surface area contributed by atoms with Crippen LogP contribution in [-0.4, -0.2) is 71.0 Å². The molecule has 0 bridgehead atoms. The van der Waals surface area contributed by atoms with Gasteiger partial charge in [0.05, 0.1) is 48.3 Å².